The molecule has 1 atom stereocenters. The highest BCUT2D eigenvalue weighted by molar-refractivity contribution is 6.30. The van der Waals surface area contributed by atoms with Gasteiger partial charge in [-0.25, -0.2) is 0 Å². The maximum absolute atomic E-state index is 6.12. The van der Waals surface area contributed by atoms with Crippen LogP contribution in [-0.2, 0) is 6.42 Å². The third-order valence-corrected chi connectivity index (χ3v) is 4.53. The first-order valence-electron chi connectivity index (χ1n) is 7.17. The molecule has 106 valence electrons. The van der Waals surface area contributed by atoms with Crippen molar-refractivity contribution < 1.29 is 4.74 Å². The summed E-state index contributed by atoms with van der Waals surface area (Å²) in [5, 5.41) is 4.43. The van der Waals surface area contributed by atoms with Crippen LogP contribution in [0, 0.1) is 5.41 Å². The number of hydrogen-bond donors (Lipinski definition) is 1. The molecule has 0 aromatic heterocycles. The third kappa shape index (κ3) is 3.43. The van der Waals surface area contributed by atoms with Crippen molar-refractivity contribution in [2.45, 2.75) is 45.6 Å². The van der Waals surface area contributed by atoms with Gasteiger partial charge in [-0.15, -0.1) is 0 Å². The van der Waals surface area contributed by atoms with E-state index in [4.69, 9.17) is 16.3 Å². The summed E-state index contributed by atoms with van der Waals surface area (Å²) < 4.78 is 5.46. The van der Waals surface area contributed by atoms with Gasteiger partial charge in [0.15, 0.2) is 0 Å². The summed E-state index contributed by atoms with van der Waals surface area (Å²) in [6.07, 6.45) is 4.82. The van der Waals surface area contributed by atoms with Crippen LogP contribution < -0.4 is 10.1 Å². The van der Waals surface area contributed by atoms with Gasteiger partial charge in [0.1, 0.15) is 5.75 Å². The minimum Gasteiger partial charge on any atom is -0.496 e. The maximum atomic E-state index is 6.12. The van der Waals surface area contributed by atoms with Crippen molar-refractivity contribution in [2.24, 2.45) is 5.41 Å². The van der Waals surface area contributed by atoms with Crippen molar-refractivity contribution in [2.75, 3.05) is 13.7 Å². The predicted octanol–water partition coefficient (Wildman–Crippen LogP) is 4.06. The molecular formula is C16H24ClNO. The average Bonchev–Trinajstić information content (AvgIpc) is 3.17. The van der Waals surface area contributed by atoms with Crippen LogP contribution in [0.4, 0.5) is 0 Å². The highest BCUT2D eigenvalue weighted by Gasteiger charge is 2.47. The first-order valence-corrected chi connectivity index (χ1v) is 7.55. The first-order chi connectivity index (χ1) is 9.11. The van der Waals surface area contributed by atoms with Crippen LogP contribution in [0.15, 0.2) is 18.2 Å². The molecule has 0 spiro atoms. The van der Waals surface area contributed by atoms with Gasteiger partial charge in [-0.3, -0.25) is 0 Å². The van der Waals surface area contributed by atoms with E-state index in [-0.39, 0.29) is 0 Å². The lowest BCUT2D eigenvalue weighted by Gasteiger charge is -2.25. The second-order valence-corrected chi connectivity index (χ2v) is 6.11. The molecule has 1 aliphatic rings. The Kier molecular flexibility index (Phi) is 4.75. The molecule has 0 bridgehead atoms. The lowest BCUT2D eigenvalue weighted by molar-refractivity contribution is 0.341. The molecule has 1 fully saturated rings. The molecule has 3 heteroatoms. The van der Waals surface area contributed by atoms with Gasteiger partial charge in [0, 0.05) is 11.1 Å². The molecule has 0 radical (unpaired) electrons. The summed E-state index contributed by atoms with van der Waals surface area (Å²) in [6, 6.07) is 6.46. The van der Waals surface area contributed by atoms with Crippen molar-refractivity contribution >= 4 is 11.6 Å². The molecule has 1 saturated carbocycles. The number of hydrogen-bond acceptors (Lipinski definition) is 2. The summed E-state index contributed by atoms with van der Waals surface area (Å²) in [5.74, 6) is 0.957. The quantitative estimate of drug-likeness (QED) is 0.814. The van der Waals surface area contributed by atoms with Crippen LogP contribution in [0.3, 0.4) is 0 Å². The summed E-state index contributed by atoms with van der Waals surface area (Å²) >= 11 is 6.12. The molecule has 19 heavy (non-hydrogen) atoms. The van der Waals surface area contributed by atoms with E-state index in [1.165, 1.54) is 24.8 Å². The molecular weight excluding hydrogens is 258 g/mol. The molecule has 0 saturated heterocycles. The Balaban J connectivity index is 2.10. The molecule has 0 amide bonds. The van der Waals surface area contributed by atoms with Crippen molar-refractivity contribution in [3.63, 3.8) is 0 Å². The zero-order valence-electron chi connectivity index (χ0n) is 12.1. The van der Waals surface area contributed by atoms with Crippen LogP contribution in [-0.4, -0.2) is 19.7 Å². The van der Waals surface area contributed by atoms with Crippen LogP contribution in [0.25, 0.3) is 0 Å². The predicted molar refractivity (Wildman–Crippen MR) is 81.1 cm³/mol. The molecule has 2 rings (SSSR count). The number of methoxy groups -OCH3 is 1. The van der Waals surface area contributed by atoms with E-state index in [9.17, 15) is 0 Å². The van der Waals surface area contributed by atoms with Gasteiger partial charge < -0.3 is 10.1 Å². The second kappa shape index (κ2) is 6.15. The molecule has 1 aromatic rings. The number of halogens is 1. The Bertz CT molecular complexity index is 429. The van der Waals surface area contributed by atoms with Crippen molar-refractivity contribution in [3.8, 4) is 5.75 Å². The zero-order chi connectivity index (χ0) is 13.9. The fourth-order valence-electron chi connectivity index (χ4n) is 2.77. The van der Waals surface area contributed by atoms with Crippen LogP contribution >= 0.6 is 11.6 Å². The van der Waals surface area contributed by atoms with Crippen molar-refractivity contribution in [1.82, 2.24) is 5.32 Å². The maximum Gasteiger partial charge on any atom is 0.122 e. The van der Waals surface area contributed by atoms with Crippen LogP contribution in [0.5, 0.6) is 5.75 Å². The normalized spacial score (nSPS) is 18.1. The molecule has 2 nitrogen and oxygen atoms in total. The fraction of sp³-hybridized carbons (Fsp3) is 0.625. The lowest BCUT2D eigenvalue weighted by atomic mass is 9.89. The number of nitrogens with one attached hydrogen (secondary N) is 1. The Labute approximate surface area is 121 Å². The summed E-state index contributed by atoms with van der Waals surface area (Å²) in [6.45, 7) is 5.61. The second-order valence-electron chi connectivity index (χ2n) is 5.67. The van der Waals surface area contributed by atoms with E-state index in [0.717, 1.165) is 23.7 Å². The molecule has 1 aliphatic carbocycles. The summed E-state index contributed by atoms with van der Waals surface area (Å²) in [4.78, 5) is 0. The van der Waals surface area contributed by atoms with E-state index < -0.39 is 0 Å². The highest BCUT2D eigenvalue weighted by Crippen LogP contribution is 2.52. The Morgan fingerprint density at radius 1 is 1.42 bits per heavy atom. The first kappa shape index (κ1) is 14.7. The van der Waals surface area contributed by atoms with Gasteiger partial charge in [0.2, 0.25) is 0 Å². The Hall–Kier alpha value is -0.730. The minimum absolute atomic E-state index is 0.396. The van der Waals surface area contributed by atoms with Gasteiger partial charge in [-0.1, -0.05) is 18.5 Å². The SMILES string of the molecule is CCCNC(C)C1(Cc2cc(Cl)ccc2OC)CC1. The molecule has 1 N–H and O–H groups in total. The third-order valence-electron chi connectivity index (χ3n) is 4.30. The van der Waals surface area contributed by atoms with Gasteiger partial charge in [-0.2, -0.15) is 0 Å². The van der Waals surface area contributed by atoms with Crippen LogP contribution in [0.1, 0.15) is 38.7 Å². The van der Waals surface area contributed by atoms with Gasteiger partial charge in [0.05, 0.1) is 7.11 Å². The van der Waals surface area contributed by atoms with E-state index in [1.807, 2.05) is 18.2 Å². The van der Waals surface area contributed by atoms with Gasteiger partial charge in [0.25, 0.3) is 0 Å². The highest BCUT2D eigenvalue weighted by atomic mass is 35.5. The number of benzene rings is 1. The Morgan fingerprint density at radius 2 is 2.16 bits per heavy atom. The molecule has 1 unspecified atom stereocenters. The van der Waals surface area contributed by atoms with Crippen LogP contribution in [0.2, 0.25) is 5.02 Å². The van der Waals surface area contributed by atoms with E-state index >= 15 is 0 Å². The number of rotatable bonds is 7. The Morgan fingerprint density at radius 3 is 2.74 bits per heavy atom. The van der Waals surface area contributed by atoms with Crippen molar-refractivity contribution in [3.05, 3.63) is 28.8 Å². The van der Waals surface area contributed by atoms with Crippen molar-refractivity contribution in [1.29, 1.82) is 0 Å². The van der Waals surface area contributed by atoms with E-state index in [2.05, 4.69) is 19.2 Å². The lowest BCUT2D eigenvalue weighted by Crippen LogP contribution is -2.36. The number of ether oxygens (including phenoxy) is 1. The molecule has 0 aliphatic heterocycles. The van der Waals surface area contributed by atoms with E-state index in [1.54, 1.807) is 7.11 Å². The van der Waals surface area contributed by atoms with Gasteiger partial charge >= 0.3 is 0 Å². The summed E-state index contributed by atoms with van der Waals surface area (Å²) in [5.41, 5.74) is 1.63. The van der Waals surface area contributed by atoms with E-state index in [0.29, 0.717) is 11.5 Å². The van der Waals surface area contributed by atoms with Gasteiger partial charge in [-0.05, 0) is 68.3 Å². The molecule has 0 heterocycles. The summed E-state index contributed by atoms with van der Waals surface area (Å²) in [7, 11) is 1.73. The average molecular weight is 282 g/mol. The molecule has 1 aromatic carbocycles. The largest absolute Gasteiger partial charge is 0.496 e. The zero-order valence-corrected chi connectivity index (χ0v) is 12.9. The topological polar surface area (TPSA) is 21.3 Å². The monoisotopic (exact) mass is 281 g/mol. The standard InChI is InChI=1S/C16H24ClNO/c1-4-9-18-12(2)16(7-8-16)11-13-10-14(17)5-6-15(13)19-3/h5-6,10,12,18H,4,7-9,11H2,1-3H3. The fourth-order valence-corrected chi connectivity index (χ4v) is 2.96. The smallest absolute Gasteiger partial charge is 0.122 e. The minimum atomic E-state index is 0.396.